The zero-order valence-corrected chi connectivity index (χ0v) is 13.3. The van der Waals surface area contributed by atoms with Gasteiger partial charge in [-0.05, 0) is 18.8 Å². The fraction of sp³-hybridized carbons (Fsp3) is 0.933. The summed E-state index contributed by atoms with van der Waals surface area (Å²) >= 11 is 0. The molecule has 0 aliphatic heterocycles. The highest BCUT2D eigenvalue weighted by Gasteiger charge is 2.04. The maximum absolute atomic E-state index is 11.3. The Balaban J connectivity index is 3.17. The highest BCUT2D eigenvalue weighted by atomic mass is 16.5. The zero-order valence-electron chi connectivity index (χ0n) is 13.3. The van der Waals surface area contributed by atoms with Crippen molar-refractivity contribution in [1.29, 1.82) is 0 Å². The Morgan fingerprint density at radius 1 is 1.05 bits per heavy atom. The van der Waals surface area contributed by atoms with Crippen molar-refractivity contribution in [2.24, 2.45) is 5.92 Å². The SMILES string of the molecule is CCCCOCCOCCCNC(=O)OCC(C)CC. The fourth-order valence-electron chi connectivity index (χ4n) is 1.32. The van der Waals surface area contributed by atoms with E-state index in [2.05, 4.69) is 26.1 Å². The number of unbranched alkanes of at least 4 members (excludes halogenated alkanes) is 1. The Labute approximate surface area is 123 Å². The van der Waals surface area contributed by atoms with Crippen LogP contribution < -0.4 is 5.32 Å². The van der Waals surface area contributed by atoms with Gasteiger partial charge in [-0.2, -0.15) is 0 Å². The Morgan fingerprint density at radius 2 is 1.70 bits per heavy atom. The molecule has 5 heteroatoms. The van der Waals surface area contributed by atoms with Crippen molar-refractivity contribution in [3.8, 4) is 0 Å². The molecule has 1 atom stereocenters. The van der Waals surface area contributed by atoms with Crippen LogP contribution >= 0.6 is 0 Å². The van der Waals surface area contributed by atoms with Crippen LogP contribution in [-0.2, 0) is 14.2 Å². The van der Waals surface area contributed by atoms with Crippen molar-refractivity contribution in [1.82, 2.24) is 5.32 Å². The van der Waals surface area contributed by atoms with Crippen LogP contribution in [0.5, 0.6) is 0 Å². The highest BCUT2D eigenvalue weighted by molar-refractivity contribution is 5.66. The summed E-state index contributed by atoms with van der Waals surface area (Å²) in [6, 6.07) is 0. The van der Waals surface area contributed by atoms with Crippen LogP contribution in [0, 0.1) is 5.92 Å². The first-order chi connectivity index (χ1) is 9.70. The number of ether oxygens (including phenoxy) is 3. The van der Waals surface area contributed by atoms with Gasteiger partial charge in [-0.15, -0.1) is 0 Å². The summed E-state index contributed by atoms with van der Waals surface area (Å²) in [5.74, 6) is 0.414. The molecule has 0 aromatic heterocycles. The van der Waals surface area contributed by atoms with Crippen LogP contribution in [0.25, 0.3) is 0 Å². The van der Waals surface area contributed by atoms with Gasteiger partial charge in [-0.25, -0.2) is 4.79 Å². The second kappa shape index (κ2) is 14.6. The van der Waals surface area contributed by atoms with Crippen molar-refractivity contribution in [2.75, 3.05) is 39.6 Å². The molecule has 20 heavy (non-hydrogen) atoms. The van der Waals surface area contributed by atoms with Crippen molar-refractivity contribution in [3.05, 3.63) is 0 Å². The topological polar surface area (TPSA) is 56.8 Å². The Hall–Kier alpha value is -0.810. The lowest BCUT2D eigenvalue weighted by molar-refractivity contribution is 0.0457. The van der Waals surface area contributed by atoms with Gasteiger partial charge in [0.15, 0.2) is 0 Å². The van der Waals surface area contributed by atoms with E-state index in [1.54, 1.807) is 0 Å². The van der Waals surface area contributed by atoms with Crippen molar-refractivity contribution in [3.63, 3.8) is 0 Å². The normalized spacial score (nSPS) is 12.2. The predicted octanol–water partition coefficient (Wildman–Crippen LogP) is 2.98. The number of hydrogen-bond acceptors (Lipinski definition) is 4. The minimum atomic E-state index is -0.340. The van der Waals surface area contributed by atoms with Crippen LogP contribution in [0.1, 0.15) is 46.5 Å². The van der Waals surface area contributed by atoms with Crippen LogP contribution in [-0.4, -0.2) is 45.7 Å². The summed E-state index contributed by atoms with van der Waals surface area (Å²) in [5, 5.41) is 2.71. The maximum atomic E-state index is 11.3. The third-order valence-electron chi connectivity index (χ3n) is 2.94. The highest BCUT2D eigenvalue weighted by Crippen LogP contribution is 2.00. The second-order valence-corrected chi connectivity index (χ2v) is 4.97. The number of amides is 1. The fourth-order valence-corrected chi connectivity index (χ4v) is 1.32. The average Bonchev–Trinajstić information content (AvgIpc) is 2.46. The van der Waals surface area contributed by atoms with Crippen LogP contribution in [0.4, 0.5) is 4.79 Å². The number of carbonyl (C=O) groups is 1. The molecule has 1 amide bonds. The smallest absolute Gasteiger partial charge is 0.407 e. The van der Waals surface area contributed by atoms with Gasteiger partial charge in [0.1, 0.15) is 0 Å². The summed E-state index contributed by atoms with van der Waals surface area (Å²) < 4.78 is 15.8. The molecule has 5 nitrogen and oxygen atoms in total. The van der Waals surface area contributed by atoms with E-state index < -0.39 is 0 Å². The van der Waals surface area contributed by atoms with E-state index in [1.165, 1.54) is 0 Å². The van der Waals surface area contributed by atoms with E-state index in [1.807, 2.05) is 0 Å². The molecule has 0 aliphatic rings. The average molecular weight is 289 g/mol. The van der Waals surface area contributed by atoms with Gasteiger partial charge >= 0.3 is 6.09 Å². The minimum Gasteiger partial charge on any atom is -0.449 e. The number of nitrogens with one attached hydrogen (secondary N) is 1. The van der Waals surface area contributed by atoms with E-state index in [0.29, 0.717) is 38.9 Å². The van der Waals surface area contributed by atoms with Gasteiger partial charge in [0.05, 0.1) is 19.8 Å². The lowest BCUT2D eigenvalue weighted by Gasteiger charge is -2.10. The van der Waals surface area contributed by atoms with Crippen LogP contribution in [0.2, 0.25) is 0 Å². The first kappa shape index (κ1) is 19.2. The van der Waals surface area contributed by atoms with E-state index in [-0.39, 0.29) is 6.09 Å². The third kappa shape index (κ3) is 13.6. The zero-order chi connectivity index (χ0) is 15.1. The first-order valence-corrected chi connectivity index (χ1v) is 7.76. The molecule has 0 rings (SSSR count). The van der Waals surface area contributed by atoms with Crippen molar-refractivity contribution < 1.29 is 19.0 Å². The monoisotopic (exact) mass is 289 g/mol. The molecular formula is C15H31NO4. The summed E-state index contributed by atoms with van der Waals surface area (Å²) in [7, 11) is 0. The molecule has 0 bridgehead atoms. The Morgan fingerprint density at radius 3 is 2.30 bits per heavy atom. The van der Waals surface area contributed by atoms with Gasteiger partial charge in [0.25, 0.3) is 0 Å². The summed E-state index contributed by atoms with van der Waals surface area (Å²) in [6.07, 6.45) is 3.71. The summed E-state index contributed by atoms with van der Waals surface area (Å²) in [6.45, 7) is 10.0. The van der Waals surface area contributed by atoms with E-state index >= 15 is 0 Å². The van der Waals surface area contributed by atoms with Gasteiger partial charge in [-0.3, -0.25) is 0 Å². The predicted molar refractivity (Wildman–Crippen MR) is 80.0 cm³/mol. The van der Waals surface area contributed by atoms with E-state index in [4.69, 9.17) is 14.2 Å². The number of alkyl carbamates (subject to hydrolysis) is 1. The van der Waals surface area contributed by atoms with Crippen molar-refractivity contribution in [2.45, 2.75) is 46.5 Å². The summed E-state index contributed by atoms with van der Waals surface area (Å²) in [4.78, 5) is 11.3. The lowest BCUT2D eigenvalue weighted by Crippen LogP contribution is -2.27. The van der Waals surface area contributed by atoms with Gasteiger partial charge in [0.2, 0.25) is 0 Å². The molecule has 0 aromatic rings. The largest absolute Gasteiger partial charge is 0.449 e. The van der Waals surface area contributed by atoms with Gasteiger partial charge < -0.3 is 19.5 Å². The molecule has 0 spiro atoms. The Kier molecular flexibility index (Phi) is 14.0. The molecule has 0 aliphatic carbocycles. The molecule has 0 saturated carbocycles. The first-order valence-electron chi connectivity index (χ1n) is 7.76. The van der Waals surface area contributed by atoms with E-state index in [0.717, 1.165) is 32.3 Å². The van der Waals surface area contributed by atoms with Gasteiger partial charge in [0, 0.05) is 19.8 Å². The number of hydrogen-bond donors (Lipinski definition) is 1. The quantitative estimate of drug-likeness (QED) is 0.530. The number of carbonyl (C=O) groups excluding carboxylic acids is 1. The molecule has 0 radical (unpaired) electrons. The van der Waals surface area contributed by atoms with Gasteiger partial charge in [-0.1, -0.05) is 33.6 Å². The summed E-state index contributed by atoms with van der Waals surface area (Å²) in [5.41, 5.74) is 0. The molecule has 1 unspecified atom stereocenters. The molecule has 120 valence electrons. The minimum absolute atomic E-state index is 0.340. The maximum Gasteiger partial charge on any atom is 0.407 e. The molecule has 1 N–H and O–H groups in total. The van der Waals surface area contributed by atoms with Crippen molar-refractivity contribution >= 4 is 6.09 Å². The molecule has 0 fully saturated rings. The second-order valence-electron chi connectivity index (χ2n) is 4.97. The standard InChI is InChI=1S/C15H31NO4/c1-4-6-9-18-11-12-19-10-7-8-16-15(17)20-13-14(3)5-2/h14H,4-13H2,1-3H3,(H,16,17). The van der Waals surface area contributed by atoms with E-state index in [9.17, 15) is 4.79 Å². The van der Waals surface area contributed by atoms with Crippen LogP contribution in [0.15, 0.2) is 0 Å². The molecular weight excluding hydrogens is 258 g/mol. The molecule has 0 heterocycles. The van der Waals surface area contributed by atoms with Crippen LogP contribution in [0.3, 0.4) is 0 Å². The third-order valence-corrected chi connectivity index (χ3v) is 2.94. The number of rotatable bonds is 13. The molecule has 0 aromatic carbocycles. The Bertz CT molecular complexity index is 224. The lowest BCUT2D eigenvalue weighted by atomic mass is 10.1. The molecule has 0 saturated heterocycles.